The summed E-state index contributed by atoms with van der Waals surface area (Å²) in [7, 11) is -5.42. The molecule has 1 radical (unpaired) electrons. The van der Waals surface area contributed by atoms with Crippen molar-refractivity contribution in [3.8, 4) is 0 Å². The van der Waals surface area contributed by atoms with Gasteiger partial charge in [-0.15, -0.1) is 3.89 Å². The van der Waals surface area contributed by atoms with Crippen LogP contribution in [-0.2, 0) is 32.9 Å². The third-order valence-electron chi connectivity index (χ3n) is 0. The van der Waals surface area contributed by atoms with E-state index < -0.39 is 10.5 Å². The van der Waals surface area contributed by atoms with Gasteiger partial charge in [0.2, 0.25) is 0 Å². The third-order valence-corrected chi connectivity index (χ3v) is 0. The Kier molecular flexibility index (Phi) is 11.2. The molecule has 0 aliphatic rings. The van der Waals surface area contributed by atoms with Gasteiger partial charge in [-0.05, 0) is 0 Å². The Morgan fingerprint density at radius 1 is 1.43 bits per heavy atom. The Bertz CT molecular complexity index is 98.1. The Morgan fingerprint density at radius 3 is 1.43 bits per heavy atom. The molecule has 0 N–H and O–H groups in total. The van der Waals surface area contributed by atoms with Crippen LogP contribution < -0.4 is 12.4 Å². The monoisotopic (exact) mass is 315 g/mol. The van der Waals surface area contributed by atoms with Crippen molar-refractivity contribution in [2.45, 2.75) is 0 Å². The molecule has 0 saturated heterocycles. The van der Waals surface area contributed by atoms with Crippen molar-refractivity contribution in [2.75, 3.05) is 0 Å². The van der Waals surface area contributed by atoms with Crippen LogP contribution in [0.15, 0.2) is 0 Å². The van der Waals surface area contributed by atoms with Crippen molar-refractivity contribution >= 4 is 10.5 Å². The zero-order valence-corrected chi connectivity index (χ0v) is 7.62. The quantitative estimate of drug-likeness (QED) is 0.343. The summed E-state index contributed by atoms with van der Waals surface area (Å²) in [5, 5.41) is 0. The first-order valence-electron chi connectivity index (χ1n) is 0.654. The van der Waals surface area contributed by atoms with E-state index in [2.05, 4.69) is 0 Å². The zero-order chi connectivity index (χ0) is 4.50. The Hall–Kier alpha value is 0.870. The number of hydrogen-bond acceptors (Lipinski definition) is 3. The molecule has 0 amide bonds. The fraction of sp³-hybridized carbons (Fsp3) is 0. The van der Waals surface area contributed by atoms with E-state index in [1.54, 1.807) is 0 Å². The molecule has 0 fully saturated rings. The van der Waals surface area contributed by atoms with Crippen LogP contribution in [0, 0.1) is 0 Å². The second-order valence-electron chi connectivity index (χ2n) is 0.393. The molecular weight excluding hydrogens is 315 g/mol. The summed E-state index contributed by atoms with van der Waals surface area (Å²) in [6, 6.07) is 0. The van der Waals surface area contributed by atoms with Gasteiger partial charge in [0.15, 0.2) is 0 Å². The SMILES string of the molecule is O=S(=O)([O-])F.[Cl-].[Ta+2]. The maximum absolute atomic E-state index is 10.1. The van der Waals surface area contributed by atoms with Gasteiger partial charge in [0.1, 0.15) is 0 Å². The normalized spacial score (nSPS) is 8.29. The number of halogens is 2. The molecule has 0 atom stereocenters. The summed E-state index contributed by atoms with van der Waals surface area (Å²) >= 11 is 0. The fourth-order valence-electron chi connectivity index (χ4n) is 0. The molecule has 0 aromatic heterocycles. The summed E-state index contributed by atoms with van der Waals surface area (Å²) < 4.78 is 35.3. The van der Waals surface area contributed by atoms with E-state index in [-0.39, 0.29) is 34.8 Å². The molecule has 3 nitrogen and oxygen atoms in total. The van der Waals surface area contributed by atoms with Crippen LogP contribution in [0.1, 0.15) is 0 Å². The van der Waals surface area contributed by atoms with E-state index in [1.165, 1.54) is 0 Å². The third kappa shape index (κ3) is 215. The predicted molar refractivity (Wildman–Crippen MR) is 10.8 cm³/mol. The van der Waals surface area contributed by atoms with Crippen molar-refractivity contribution in [2.24, 2.45) is 0 Å². The standard InChI is InChI=1S/ClH.FHO3S.Ta/c;1-5(2,3)4;/h1H;(H,2,3,4);/q;;+2/p-2. The van der Waals surface area contributed by atoms with Crippen molar-refractivity contribution in [3.05, 3.63) is 0 Å². The van der Waals surface area contributed by atoms with Crippen LogP contribution in [-0.4, -0.2) is 13.0 Å². The molecule has 0 rings (SSSR count). The summed E-state index contributed by atoms with van der Waals surface area (Å²) in [5.74, 6) is 0. The minimum absolute atomic E-state index is 0. The van der Waals surface area contributed by atoms with E-state index in [1.807, 2.05) is 0 Å². The maximum atomic E-state index is 10.1. The van der Waals surface area contributed by atoms with E-state index in [9.17, 15) is 3.89 Å². The van der Waals surface area contributed by atoms with Gasteiger partial charge < -0.3 is 17.0 Å². The largest absolute Gasteiger partial charge is 2.00 e. The minimum Gasteiger partial charge on any atom is -1.00 e. The summed E-state index contributed by atoms with van der Waals surface area (Å²) in [4.78, 5) is 0. The predicted octanol–water partition coefficient (Wildman–Crippen LogP) is -3.58. The van der Waals surface area contributed by atoms with E-state index in [0.29, 0.717) is 0 Å². The summed E-state index contributed by atoms with van der Waals surface area (Å²) in [6.07, 6.45) is 0. The molecule has 0 aliphatic carbocycles. The van der Waals surface area contributed by atoms with Crippen LogP contribution in [0.5, 0.6) is 0 Å². The van der Waals surface area contributed by atoms with Crippen LogP contribution >= 0.6 is 0 Å². The topological polar surface area (TPSA) is 57.2 Å². The Balaban J connectivity index is -0.0000000800. The van der Waals surface area contributed by atoms with Crippen LogP contribution in [0.4, 0.5) is 3.89 Å². The minimum atomic E-state index is -5.42. The molecule has 0 spiro atoms. The molecule has 0 aromatic rings. The first-order chi connectivity index (χ1) is 2.00. The molecule has 43 valence electrons. The second-order valence-corrected chi connectivity index (χ2v) is 1.18. The summed E-state index contributed by atoms with van der Waals surface area (Å²) in [6.45, 7) is 0. The average Bonchev–Trinajstić information content (AvgIpc) is 0.722. The van der Waals surface area contributed by atoms with Crippen LogP contribution in [0.25, 0.3) is 0 Å². The molecule has 0 aromatic carbocycles. The maximum Gasteiger partial charge on any atom is 2.00 e. The molecule has 7 heteroatoms. The molecule has 0 heterocycles. The van der Waals surface area contributed by atoms with Crippen molar-refractivity contribution in [3.63, 3.8) is 0 Å². The molecule has 0 aliphatic heterocycles. The van der Waals surface area contributed by atoms with Gasteiger partial charge in [0.05, 0.1) is 0 Å². The van der Waals surface area contributed by atoms with Crippen molar-refractivity contribution in [1.82, 2.24) is 0 Å². The molecular formula is ClFO3STa. The smallest absolute Gasteiger partial charge is 1.00 e. The Morgan fingerprint density at radius 2 is 1.43 bits per heavy atom. The first kappa shape index (κ1) is 15.7. The molecule has 0 unspecified atom stereocenters. The van der Waals surface area contributed by atoms with Crippen LogP contribution in [0.2, 0.25) is 0 Å². The van der Waals surface area contributed by atoms with Gasteiger partial charge in [-0.25, -0.2) is 8.42 Å². The van der Waals surface area contributed by atoms with Gasteiger partial charge in [-0.3, -0.25) is 0 Å². The Labute approximate surface area is 62.3 Å². The first-order valence-corrected chi connectivity index (χ1v) is 1.96. The van der Waals surface area contributed by atoms with Gasteiger partial charge in [-0.1, -0.05) is 0 Å². The molecule has 0 saturated carbocycles. The van der Waals surface area contributed by atoms with E-state index in [0.717, 1.165) is 0 Å². The fourth-order valence-corrected chi connectivity index (χ4v) is 0. The average molecular weight is 315 g/mol. The number of hydrogen-bond donors (Lipinski definition) is 0. The second kappa shape index (κ2) is 5.02. The van der Waals surface area contributed by atoms with Gasteiger partial charge >= 0.3 is 22.4 Å². The number of rotatable bonds is 0. The van der Waals surface area contributed by atoms with Crippen molar-refractivity contribution in [1.29, 1.82) is 0 Å². The van der Waals surface area contributed by atoms with Crippen molar-refractivity contribution < 1.29 is 51.6 Å². The molecule has 0 bridgehead atoms. The van der Waals surface area contributed by atoms with E-state index >= 15 is 0 Å². The summed E-state index contributed by atoms with van der Waals surface area (Å²) in [5.41, 5.74) is 0. The van der Waals surface area contributed by atoms with Crippen LogP contribution in [0.3, 0.4) is 0 Å². The zero-order valence-electron chi connectivity index (χ0n) is 2.84. The van der Waals surface area contributed by atoms with E-state index in [4.69, 9.17) is 13.0 Å². The van der Waals surface area contributed by atoms with Gasteiger partial charge in [-0.2, -0.15) is 0 Å². The molecule has 7 heavy (non-hydrogen) atoms. The van der Waals surface area contributed by atoms with Gasteiger partial charge in [0.25, 0.3) is 10.5 Å². The van der Waals surface area contributed by atoms with Gasteiger partial charge in [0, 0.05) is 0 Å².